The average molecular weight is 178 g/mol. The number of nitrogens with one attached hydrogen (secondary N) is 1. The fraction of sp³-hybridized carbons (Fsp3) is 0.400. The lowest BCUT2D eigenvalue weighted by atomic mass is 10.1. The Morgan fingerprint density at radius 1 is 1.62 bits per heavy atom. The molecule has 3 heteroatoms. The number of hydrogen-bond acceptors (Lipinski definition) is 3. The van der Waals surface area contributed by atoms with Crippen LogP contribution in [-0.4, -0.2) is 19.7 Å². The first-order chi connectivity index (χ1) is 6.33. The van der Waals surface area contributed by atoms with E-state index in [-0.39, 0.29) is 0 Å². The monoisotopic (exact) mass is 178 g/mol. The lowest BCUT2D eigenvalue weighted by Gasteiger charge is -2.06. The van der Waals surface area contributed by atoms with Crippen LogP contribution in [0.15, 0.2) is 18.2 Å². The van der Waals surface area contributed by atoms with Crippen molar-refractivity contribution in [2.45, 2.75) is 12.5 Å². The normalized spacial score (nSPS) is 19.4. The summed E-state index contributed by atoms with van der Waals surface area (Å²) < 4.78 is 5.14. The van der Waals surface area contributed by atoms with Gasteiger partial charge in [0.25, 0.3) is 0 Å². The van der Waals surface area contributed by atoms with Gasteiger partial charge >= 0.3 is 0 Å². The number of fused-ring (bicyclic) bond motifs is 1. The van der Waals surface area contributed by atoms with Gasteiger partial charge in [0.15, 0.2) is 0 Å². The van der Waals surface area contributed by atoms with Gasteiger partial charge in [-0.25, -0.2) is 0 Å². The topological polar surface area (TPSA) is 47.3 Å². The van der Waals surface area contributed by atoms with E-state index in [1.54, 1.807) is 7.11 Å². The molecule has 0 amide bonds. The van der Waals surface area contributed by atoms with Gasteiger partial charge in [-0.2, -0.15) is 0 Å². The molecular formula is C10H14N2O. The molecule has 1 heterocycles. The van der Waals surface area contributed by atoms with Gasteiger partial charge in [0.05, 0.1) is 7.11 Å². The maximum absolute atomic E-state index is 5.59. The average Bonchev–Trinajstić information content (AvgIpc) is 2.58. The Kier molecular flexibility index (Phi) is 2.10. The zero-order chi connectivity index (χ0) is 9.26. The van der Waals surface area contributed by atoms with E-state index in [9.17, 15) is 0 Å². The summed E-state index contributed by atoms with van der Waals surface area (Å²) in [4.78, 5) is 0. The first-order valence-electron chi connectivity index (χ1n) is 4.47. The second-order valence-corrected chi connectivity index (χ2v) is 3.30. The lowest BCUT2D eigenvalue weighted by Crippen LogP contribution is -2.25. The van der Waals surface area contributed by atoms with Crippen molar-refractivity contribution in [1.82, 2.24) is 0 Å². The van der Waals surface area contributed by atoms with E-state index < -0.39 is 0 Å². The van der Waals surface area contributed by atoms with Gasteiger partial charge in [0, 0.05) is 24.3 Å². The Morgan fingerprint density at radius 3 is 3.15 bits per heavy atom. The molecule has 0 spiro atoms. The lowest BCUT2D eigenvalue weighted by molar-refractivity contribution is 0.415. The molecule has 1 aromatic rings. The number of benzene rings is 1. The first-order valence-corrected chi connectivity index (χ1v) is 4.47. The third-order valence-electron chi connectivity index (χ3n) is 2.43. The van der Waals surface area contributed by atoms with Crippen LogP contribution < -0.4 is 15.8 Å². The van der Waals surface area contributed by atoms with Gasteiger partial charge in [-0.05, 0) is 18.1 Å². The van der Waals surface area contributed by atoms with Crippen LogP contribution in [0.2, 0.25) is 0 Å². The standard InChI is InChI=1S/C10H14N2O/c1-13-9-3-2-7-4-8(6-11)12-10(7)5-9/h2-3,5,8,12H,4,6,11H2,1H3. The second kappa shape index (κ2) is 3.26. The predicted molar refractivity (Wildman–Crippen MR) is 53.2 cm³/mol. The summed E-state index contributed by atoms with van der Waals surface area (Å²) >= 11 is 0. The summed E-state index contributed by atoms with van der Waals surface area (Å²) in [7, 11) is 1.68. The Labute approximate surface area is 77.9 Å². The molecule has 3 nitrogen and oxygen atoms in total. The van der Waals surface area contributed by atoms with E-state index in [2.05, 4.69) is 11.4 Å². The second-order valence-electron chi connectivity index (χ2n) is 3.30. The molecule has 0 bridgehead atoms. The number of hydrogen-bond donors (Lipinski definition) is 2. The van der Waals surface area contributed by atoms with Crippen LogP contribution >= 0.6 is 0 Å². The van der Waals surface area contributed by atoms with Crippen molar-refractivity contribution < 1.29 is 4.74 Å². The molecule has 2 rings (SSSR count). The van der Waals surface area contributed by atoms with Crippen molar-refractivity contribution in [2.24, 2.45) is 5.73 Å². The van der Waals surface area contributed by atoms with E-state index in [1.165, 1.54) is 5.56 Å². The molecule has 1 unspecified atom stereocenters. The highest BCUT2D eigenvalue weighted by atomic mass is 16.5. The van der Waals surface area contributed by atoms with E-state index in [0.717, 1.165) is 17.9 Å². The minimum absolute atomic E-state index is 0.391. The molecule has 70 valence electrons. The highest BCUT2D eigenvalue weighted by Crippen LogP contribution is 2.29. The highest BCUT2D eigenvalue weighted by Gasteiger charge is 2.18. The third kappa shape index (κ3) is 1.47. The number of ether oxygens (including phenoxy) is 1. The van der Waals surface area contributed by atoms with Gasteiger partial charge in [0.1, 0.15) is 5.75 Å². The fourth-order valence-electron chi connectivity index (χ4n) is 1.67. The van der Waals surface area contributed by atoms with Crippen LogP contribution in [0.4, 0.5) is 5.69 Å². The molecule has 0 aromatic heterocycles. The van der Waals surface area contributed by atoms with Gasteiger partial charge in [-0.3, -0.25) is 0 Å². The molecule has 3 N–H and O–H groups in total. The van der Waals surface area contributed by atoms with E-state index in [0.29, 0.717) is 12.6 Å². The highest BCUT2D eigenvalue weighted by molar-refractivity contribution is 5.59. The Bertz CT molecular complexity index is 312. The Balaban J connectivity index is 2.25. The van der Waals surface area contributed by atoms with Crippen LogP contribution in [0.25, 0.3) is 0 Å². The van der Waals surface area contributed by atoms with E-state index >= 15 is 0 Å². The molecule has 13 heavy (non-hydrogen) atoms. The van der Waals surface area contributed by atoms with Crippen LogP contribution in [-0.2, 0) is 6.42 Å². The van der Waals surface area contributed by atoms with Crippen molar-refractivity contribution in [1.29, 1.82) is 0 Å². The maximum atomic E-state index is 5.59. The van der Waals surface area contributed by atoms with Crippen molar-refractivity contribution >= 4 is 5.69 Å². The first kappa shape index (κ1) is 8.38. The molecule has 1 aliphatic rings. The Hall–Kier alpha value is -1.22. The molecular weight excluding hydrogens is 164 g/mol. The third-order valence-corrected chi connectivity index (χ3v) is 2.43. The van der Waals surface area contributed by atoms with Crippen molar-refractivity contribution in [3.63, 3.8) is 0 Å². The number of methoxy groups -OCH3 is 1. The molecule has 0 radical (unpaired) electrons. The summed E-state index contributed by atoms with van der Waals surface area (Å²) in [5.74, 6) is 0.893. The molecule has 0 saturated carbocycles. The fourth-order valence-corrected chi connectivity index (χ4v) is 1.67. The minimum atomic E-state index is 0.391. The van der Waals surface area contributed by atoms with Crippen molar-refractivity contribution in [3.05, 3.63) is 23.8 Å². The SMILES string of the molecule is COc1ccc2c(c1)NC(CN)C2. The quantitative estimate of drug-likeness (QED) is 0.710. The van der Waals surface area contributed by atoms with Gasteiger partial charge in [-0.15, -0.1) is 0 Å². The zero-order valence-corrected chi connectivity index (χ0v) is 7.71. The molecule has 1 atom stereocenters. The number of rotatable bonds is 2. The summed E-state index contributed by atoms with van der Waals surface area (Å²) in [5.41, 5.74) is 8.08. The minimum Gasteiger partial charge on any atom is -0.497 e. The molecule has 0 aliphatic carbocycles. The van der Waals surface area contributed by atoms with Crippen molar-refractivity contribution in [3.8, 4) is 5.75 Å². The van der Waals surface area contributed by atoms with Crippen LogP contribution in [0.5, 0.6) is 5.75 Å². The van der Waals surface area contributed by atoms with Crippen LogP contribution in [0.1, 0.15) is 5.56 Å². The van der Waals surface area contributed by atoms with E-state index in [1.807, 2.05) is 12.1 Å². The summed E-state index contributed by atoms with van der Waals surface area (Å²) in [5, 5.41) is 3.35. The largest absolute Gasteiger partial charge is 0.497 e. The molecule has 0 fully saturated rings. The predicted octanol–water partition coefficient (Wildman–Crippen LogP) is 0.991. The summed E-state index contributed by atoms with van der Waals surface area (Å²) in [6.07, 6.45) is 1.02. The summed E-state index contributed by atoms with van der Waals surface area (Å²) in [6, 6.07) is 6.49. The van der Waals surface area contributed by atoms with E-state index in [4.69, 9.17) is 10.5 Å². The van der Waals surface area contributed by atoms with Crippen LogP contribution in [0.3, 0.4) is 0 Å². The number of anilines is 1. The molecule has 1 aromatic carbocycles. The van der Waals surface area contributed by atoms with Crippen molar-refractivity contribution in [2.75, 3.05) is 19.0 Å². The molecule has 0 saturated heterocycles. The maximum Gasteiger partial charge on any atom is 0.120 e. The van der Waals surface area contributed by atoms with Gasteiger partial charge in [0.2, 0.25) is 0 Å². The summed E-state index contributed by atoms with van der Waals surface area (Å²) in [6.45, 7) is 0.678. The van der Waals surface area contributed by atoms with Gasteiger partial charge in [-0.1, -0.05) is 6.07 Å². The van der Waals surface area contributed by atoms with Crippen LogP contribution in [0, 0.1) is 0 Å². The zero-order valence-electron chi connectivity index (χ0n) is 7.71. The number of nitrogens with two attached hydrogens (primary N) is 1. The smallest absolute Gasteiger partial charge is 0.120 e. The molecule has 1 aliphatic heterocycles. The Morgan fingerprint density at radius 2 is 2.46 bits per heavy atom. The van der Waals surface area contributed by atoms with Gasteiger partial charge < -0.3 is 15.8 Å².